The molecule has 7 rings (SSSR count). The van der Waals surface area contributed by atoms with Crippen LogP contribution in [0, 0.1) is 17.8 Å². The van der Waals surface area contributed by atoms with Crippen LogP contribution in [0.5, 0.6) is 5.75 Å². The molecule has 0 unspecified atom stereocenters. The minimum atomic E-state index is -0.293. The number of nitrogens with one attached hydrogen (secondary N) is 1. The molecule has 2 fully saturated rings. The standard InChI is InChI=1S/C37H50ClN3O3S/c1-24-17-30(40-15-4-3-5-16-40)20-34(42)31-11-8-28(31)21-41-22-37(14-6-7-26-18-29(38)10-12-32(26)37)23-44-35-13-9-27(19-33(35)41)36(43)39-45-25(24)2/h9-10,12-13,18-19,24-25,28,30-31,34,42H,3-8,11,14-17,20-23H2,1-2H3,(H,39,43)/t24-,25+,28-,30-,31+,34+,37-/m0/s1. The molecule has 45 heavy (non-hydrogen) atoms. The molecule has 3 aliphatic heterocycles. The Hall–Kier alpha value is -1.93. The number of likely N-dealkylation sites (tertiary alicyclic amines) is 1. The zero-order chi connectivity index (χ0) is 31.1. The van der Waals surface area contributed by atoms with E-state index in [9.17, 15) is 9.90 Å². The Morgan fingerprint density at radius 3 is 2.69 bits per heavy atom. The van der Waals surface area contributed by atoms with Gasteiger partial charge in [-0.2, -0.15) is 0 Å². The molecule has 0 aromatic heterocycles. The number of fused-ring (bicyclic) bond motifs is 4. The van der Waals surface area contributed by atoms with Gasteiger partial charge in [0.05, 0.1) is 18.4 Å². The lowest BCUT2D eigenvalue weighted by molar-refractivity contribution is -0.0128. The molecule has 5 aliphatic rings. The van der Waals surface area contributed by atoms with Crippen molar-refractivity contribution in [2.75, 3.05) is 37.7 Å². The minimum Gasteiger partial charge on any atom is -0.490 e. The van der Waals surface area contributed by atoms with E-state index in [1.807, 2.05) is 24.3 Å². The highest BCUT2D eigenvalue weighted by molar-refractivity contribution is 7.98. The summed E-state index contributed by atoms with van der Waals surface area (Å²) in [5, 5.41) is 12.9. The van der Waals surface area contributed by atoms with Gasteiger partial charge in [0.2, 0.25) is 0 Å². The van der Waals surface area contributed by atoms with Crippen molar-refractivity contribution in [1.29, 1.82) is 0 Å². The Kier molecular flexibility index (Phi) is 9.35. The minimum absolute atomic E-state index is 0.0463. The highest BCUT2D eigenvalue weighted by atomic mass is 35.5. The van der Waals surface area contributed by atoms with Crippen LogP contribution in [0.15, 0.2) is 36.4 Å². The van der Waals surface area contributed by atoms with Crippen molar-refractivity contribution >= 4 is 35.1 Å². The molecular formula is C37H50ClN3O3S. The summed E-state index contributed by atoms with van der Waals surface area (Å²) in [6, 6.07) is 12.7. The molecule has 2 aromatic carbocycles. The van der Waals surface area contributed by atoms with Crippen molar-refractivity contribution in [2.45, 2.75) is 101 Å². The van der Waals surface area contributed by atoms with Crippen molar-refractivity contribution < 1.29 is 14.6 Å². The lowest BCUT2D eigenvalue weighted by Crippen LogP contribution is -2.50. The van der Waals surface area contributed by atoms with E-state index in [4.69, 9.17) is 16.3 Å². The van der Waals surface area contributed by atoms with Crippen LogP contribution < -0.4 is 14.4 Å². The number of carbonyl (C=O) groups excluding carboxylic acids is 1. The van der Waals surface area contributed by atoms with Crippen LogP contribution in [-0.4, -0.2) is 66.1 Å². The first-order valence-corrected chi connectivity index (χ1v) is 18.7. The van der Waals surface area contributed by atoms with Crippen LogP contribution >= 0.6 is 23.5 Å². The molecule has 1 saturated heterocycles. The smallest absolute Gasteiger partial charge is 0.261 e. The largest absolute Gasteiger partial charge is 0.490 e. The number of hydrogen-bond donors (Lipinski definition) is 2. The molecule has 3 heterocycles. The van der Waals surface area contributed by atoms with Crippen molar-refractivity contribution in [3.8, 4) is 5.75 Å². The number of aliphatic hydroxyl groups is 1. The third kappa shape index (κ3) is 6.48. The number of ether oxygens (including phenoxy) is 1. The lowest BCUT2D eigenvalue weighted by Gasteiger charge is -2.47. The van der Waals surface area contributed by atoms with Crippen LogP contribution in [0.25, 0.3) is 0 Å². The zero-order valence-corrected chi connectivity index (χ0v) is 28.6. The number of hydrogen-bond acceptors (Lipinski definition) is 6. The summed E-state index contributed by atoms with van der Waals surface area (Å²) in [6.45, 7) is 9.12. The second-order valence-corrected chi connectivity index (χ2v) is 16.4. The molecule has 1 spiro atoms. The number of carbonyl (C=O) groups is 1. The third-order valence-corrected chi connectivity index (χ3v) is 13.3. The van der Waals surface area contributed by atoms with Gasteiger partial charge in [-0.15, -0.1) is 0 Å². The van der Waals surface area contributed by atoms with Crippen LogP contribution in [0.1, 0.15) is 93.1 Å². The summed E-state index contributed by atoms with van der Waals surface area (Å²) in [6.07, 6.45) is 10.8. The second-order valence-electron chi connectivity index (χ2n) is 14.8. The average Bonchev–Trinajstić information content (AvgIpc) is 3.18. The van der Waals surface area contributed by atoms with Gasteiger partial charge in [0.15, 0.2) is 0 Å². The van der Waals surface area contributed by atoms with Gasteiger partial charge in [-0.3, -0.25) is 9.52 Å². The van der Waals surface area contributed by atoms with Crippen LogP contribution in [0.4, 0.5) is 5.69 Å². The van der Waals surface area contributed by atoms with E-state index in [0.717, 1.165) is 87.6 Å². The number of benzene rings is 2. The summed E-state index contributed by atoms with van der Waals surface area (Å²) in [5.74, 6) is 1.94. The number of anilines is 1. The number of halogens is 1. The molecule has 1 saturated carbocycles. The topological polar surface area (TPSA) is 65.0 Å². The van der Waals surface area contributed by atoms with Crippen molar-refractivity contribution in [3.05, 3.63) is 58.1 Å². The van der Waals surface area contributed by atoms with Gasteiger partial charge < -0.3 is 19.6 Å². The highest BCUT2D eigenvalue weighted by Gasteiger charge is 2.45. The number of piperidine rings is 1. The first-order chi connectivity index (χ1) is 21.8. The Bertz CT molecular complexity index is 1380. The zero-order valence-electron chi connectivity index (χ0n) is 27.0. The fourth-order valence-electron chi connectivity index (χ4n) is 8.94. The van der Waals surface area contributed by atoms with Crippen molar-refractivity contribution in [1.82, 2.24) is 9.62 Å². The molecule has 2 aromatic rings. The van der Waals surface area contributed by atoms with Gasteiger partial charge in [-0.1, -0.05) is 37.9 Å². The molecule has 2 bridgehead atoms. The van der Waals surface area contributed by atoms with Crippen molar-refractivity contribution in [3.63, 3.8) is 0 Å². The number of nitrogens with zero attached hydrogens (tertiary/aromatic N) is 2. The van der Waals surface area contributed by atoms with Gasteiger partial charge in [-0.05, 0) is 142 Å². The number of aryl methyl sites for hydroxylation is 1. The number of amides is 1. The number of rotatable bonds is 1. The molecular weight excluding hydrogens is 602 g/mol. The third-order valence-electron chi connectivity index (χ3n) is 11.9. The highest BCUT2D eigenvalue weighted by Crippen LogP contribution is 2.47. The van der Waals surface area contributed by atoms with E-state index in [0.29, 0.717) is 36.0 Å². The molecule has 6 nitrogen and oxygen atoms in total. The van der Waals surface area contributed by atoms with E-state index < -0.39 is 0 Å². The van der Waals surface area contributed by atoms with Gasteiger partial charge in [0, 0.05) is 40.4 Å². The van der Waals surface area contributed by atoms with Crippen molar-refractivity contribution in [2.24, 2.45) is 17.8 Å². The Balaban J connectivity index is 1.23. The molecule has 2 aliphatic carbocycles. The van der Waals surface area contributed by atoms with Crippen LogP contribution in [-0.2, 0) is 11.8 Å². The average molecular weight is 652 g/mol. The molecule has 2 N–H and O–H groups in total. The SMILES string of the molecule is C[C@H]1C[C@H](N2CCCCC2)C[C@@H](O)[C@@H]2CC[C@H]2CN2C[C@@]3(CCCc4cc(Cl)ccc43)COc3ccc(cc32)C(=O)NS[C@@H]1C. The Morgan fingerprint density at radius 1 is 1.04 bits per heavy atom. The summed E-state index contributed by atoms with van der Waals surface area (Å²) in [4.78, 5) is 18.7. The van der Waals surface area contributed by atoms with Gasteiger partial charge in [-0.25, -0.2) is 0 Å². The molecule has 7 atom stereocenters. The van der Waals surface area contributed by atoms with E-state index in [2.05, 4.69) is 40.5 Å². The Morgan fingerprint density at radius 2 is 1.89 bits per heavy atom. The van der Waals surface area contributed by atoms with E-state index in [-0.39, 0.29) is 22.7 Å². The van der Waals surface area contributed by atoms with Crippen LogP contribution in [0.3, 0.4) is 0 Å². The summed E-state index contributed by atoms with van der Waals surface area (Å²) in [7, 11) is 0. The van der Waals surface area contributed by atoms with Gasteiger partial charge in [0.1, 0.15) is 5.75 Å². The molecule has 1 amide bonds. The normalized spacial score (nSPS) is 34.5. The van der Waals surface area contributed by atoms with Crippen LogP contribution in [0.2, 0.25) is 5.02 Å². The predicted octanol–water partition coefficient (Wildman–Crippen LogP) is 7.25. The second kappa shape index (κ2) is 13.3. The summed E-state index contributed by atoms with van der Waals surface area (Å²) in [5.41, 5.74) is 4.21. The maximum Gasteiger partial charge on any atom is 0.261 e. The quantitative estimate of drug-likeness (QED) is 0.317. The van der Waals surface area contributed by atoms with E-state index in [1.54, 1.807) is 11.9 Å². The lowest BCUT2D eigenvalue weighted by atomic mass is 9.67. The monoisotopic (exact) mass is 651 g/mol. The van der Waals surface area contributed by atoms with Gasteiger partial charge in [0.25, 0.3) is 5.91 Å². The number of aliphatic hydroxyl groups excluding tert-OH is 1. The summed E-state index contributed by atoms with van der Waals surface area (Å²) < 4.78 is 9.86. The Labute approximate surface area is 278 Å². The molecule has 244 valence electrons. The summed E-state index contributed by atoms with van der Waals surface area (Å²) >= 11 is 8.00. The van der Waals surface area contributed by atoms with Gasteiger partial charge >= 0.3 is 0 Å². The fourth-order valence-corrected chi connectivity index (χ4v) is 9.89. The predicted molar refractivity (Wildman–Crippen MR) is 185 cm³/mol. The first-order valence-electron chi connectivity index (χ1n) is 17.5. The van der Waals surface area contributed by atoms with E-state index >= 15 is 0 Å². The first kappa shape index (κ1) is 31.7. The maximum absolute atomic E-state index is 13.6. The van der Waals surface area contributed by atoms with E-state index in [1.165, 1.54) is 30.4 Å². The maximum atomic E-state index is 13.6. The molecule has 0 radical (unpaired) electrons. The molecule has 8 heteroatoms. The fraction of sp³-hybridized carbons (Fsp3) is 0.649.